The molecule has 2 fully saturated rings. The highest BCUT2D eigenvalue weighted by molar-refractivity contribution is 7.16. The predicted octanol–water partition coefficient (Wildman–Crippen LogP) is 3.69. The first kappa shape index (κ1) is 14.4. The predicted molar refractivity (Wildman–Crippen MR) is 95.4 cm³/mol. The molecule has 4 heterocycles. The van der Waals surface area contributed by atoms with Gasteiger partial charge >= 0.3 is 0 Å². The minimum atomic E-state index is 0.283. The average Bonchev–Trinajstić information content (AvgIpc) is 3.27. The molecule has 3 atom stereocenters. The van der Waals surface area contributed by atoms with E-state index in [9.17, 15) is 0 Å². The van der Waals surface area contributed by atoms with Gasteiger partial charge in [-0.25, -0.2) is 0 Å². The zero-order chi connectivity index (χ0) is 16.1. The highest BCUT2D eigenvalue weighted by Crippen LogP contribution is 2.37. The maximum absolute atomic E-state index is 6.17. The van der Waals surface area contributed by atoms with Crippen molar-refractivity contribution >= 4 is 22.2 Å². The molecule has 0 amide bonds. The maximum Gasteiger partial charge on any atom is 0.294 e. The van der Waals surface area contributed by atoms with Gasteiger partial charge < -0.3 is 14.6 Å². The fourth-order valence-electron chi connectivity index (χ4n) is 4.16. The van der Waals surface area contributed by atoms with Gasteiger partial charge in [0, 0.05) is 29.4 Å². The minimum Gasteiger partial charge on any atom is -0.465 e. The number of rotatable bonds is 3. The standard InChI is InChI=1S/C18H20N4OS/c1-22-13-4-5-14(22)10-15(9-13)23-18-21-20-17(24-18)12-3-2-11-6-7-19-16(11)8-12/h2-3,6-8,13-15,19H,4-5,9-10H2,1H3/t13-,14?,15?/m0/s1. The van der Waals surface area contributed by atoms with E-state index in [0.29, 0.717) is 17.3 Å². The van der Waals surface area contributed by atoms with Crippen molar-refractivity contribution in [2.45, 2.75) is 43.9 Å². The van der Waals surface area contributed by atoms with Crippen LogP contribution >= 0.6 is 11.3 Å². The lowest BCUT2D eigenvalue weighted by Gasteiger charge is -2.35. The number of hydrogen-bond acceptors (Lipinski definition) is 5. The normalized spacial score (nSPS) is 27.0. The molecule has 0 saturated carbocycles. The van der Waals surface area contributed by atoms with Crippen LogP contribution in [0.15, 0.2) is 30.5 Å². The van der Waals surface area contributed by atoms with Crippen molar-refractivity contribution in [1.29, 1.82) is 0 Å². The van der Waals surface area contributed by atoms with Gasteiger partial charge in [0.15, 0.2) is 5.01 Å². The summed E-state index contributed by atoms with van der Waals surface area (Å²) in [6.07, 6.45) is 7.06. The Kier molecular flexibility index (Phi) is 3.35. The van der Waals surface area contributed by atoms with Crippen molar-refractivity contribution in [2.24, 2.45) is 0 Å². The van der Waals surface area contributed by atoms with Crippen molar-refractivity contribution in [3.05, 3.63) is 30.5 Å². The first-order chi connectivity index (χ1) is 11.8. The number of piperidine rings is 1. The van der Waals surface area contributed by atoms with E-state index in [1.165, 1.54) is 18.2 Å². The molecule has 24 heavy (non-hydrogen) atoms. The number of benzene rings is 1. The zero-order valence-corrected chi connectivity index (χ0v) is 14.4. The van der Waals surface area contributed by atoms with E-state index in [2.05, 4.69) is 51.4 Å². The van der Waals surface area contributed by atoms with Crippen molar-refractivity contribution in [2.75, 3.05) is 7.05 Å². The molecule has 3 aromatic rings. The number of nitrogens with zero attached hydrogens (tertiary/aromatic N) is 3. The van der Waals surface area contributed by atoms with Gasteiger partial charge in [0.2, 0.25) is 0 Å². The van der Waals surface area contributed by atoms with Crippen molar-refractivity contribution in [1.82, 2.24) is 20.1 Å². The van der Waals surface area contributed by atoms with E-state index >= 15 is 0 Å². The summed E-state index contributed by atoms with van der Waals surface area (Å²) in [5, 5.41) is 11.4. The SMILES string of the molecule is CN1C2CC[C@H]1CC(Oc1nnc(-c3ccc4cc[nH]c4c3)s1)C2. The van der Waals surface area contributed by atoms with E-state index in [0.717, 1.165) is 28.9 Å². The van der Waals surface area contributed by atoms with Crippen LogP contribution in [0.3, 0.4) is 0 Å². The topological polar surface area (TPSA) is 54.0 Å². The Morgan fingerprint density at radius 1 is 1.17 bits per heavy atom. The maximum atomic E-state index is 6.17. The molecular formula is C18H20N4OS. The van der Waals surface area contributed by atoms with Crippen LogP contribution in [0.1, 0.15) is 25.7 Å². The molecule has 2 aliphatic rings. The Balaban J connectivity index is 1.34. The second-order valence-corrected chi connectivity index (χ2v) is 7.85. The first-order valence-corrected chi connectivity index (χ1v) is 9.37. The highest BCUT2D eigenvalue weighted by atomic mass is 32.1. The Morgan fingerprint density at radius 3 is 2.83 bits per heavy atom. The van der Waals surface area contributed by atoms with Gasteiger partial charge in [-0.1, -0.05) is 28.6 Å². The lowest BCUT2D eigenvalue weighted by atomic mass is 10.0. The number of aromatic nitrogens is 3. The molecule has 5 nitrogen and oxygen atoms in total. The van der Waals surface area contributed by atoms with Crippen molar-refractivity contribution in [3.8, 4) is 15.8 Å². The Morgan fingerprint density at radius 2 is 2.00 bits per heavy atom. The lowest BCUT2D eigenvalue weighted by molar-refractivity contribution is 0.0655. The largest absolute Gasteiger partial charge is 0.465 e. The van der Waals surface area contributed by atoms with E-state index in [1.807, 2.05) is 6.20 Å². The fraction of sp³-hybridized carbons (Fsp3) is 0.444. The van der Waals surface area contributed by atoms with Gasteiger partial charge in [0.1, 0.15) is 6.10 Å². The molecule has 2 bridgehead atoms. The molecule has 1 N–H and O–H groups in total. The summed E-state index contributed by atoms with van der Waals surface area (Å²) < 4.78 is 6.17. The first-order valence-electron chi connectivity index (χ1n) is 8.56. The molecular weight excluding hydrogens is 320 g/mol. The van der Waals surface area contributed by atoms with Gasteiger partial charge in [0.25, 0.3) is 5.19 Å². The number of ether oxygens (including phenoxy) is 1. The summed E-state index contributed by atoms with van der Waals surface area (Å²) >= 11 is 1.54. The number of H-pyrrole nitrogens is 1. The third-order valence-corrected chi connectivity index (χ3v) is 6.39. The van der Waals surface area contributed by atoms with E-state index in [-0.39, 0.29) is 6.10 Å². The zero-order valence-electron chi connectivity index (χ0n) is 13.6. The second kappa shape index (κ2) is 5.57. The van der Waals surface area contributed by atoms with Crippen LogP contribution in [0.4, 0.5) is 0 Å². The lowest BCUT2D eigenvalue weighted by Crippen LogP contribution is -2.43. The smallest absolute Gasteiger partial charge is 0.294 e. The van der Waals surface area contributed by atoms with E-state index in [1.54, 1.807) is 11.3 Å². The van der Waals surface area contributed by atoms with Crippen LogP contribution in [0.5, 0.6) is 5.19 Å². The quantitative estimate of drug-likeness (QED) is 0.790. The van der Waals surface area contributed by atoms with Crippen molar-refractivity contribution in [3.63, 3.8) is 0 Å². The summed E-state index contributed by atoms with van der Waals surface area (Å²) in [5.41, 5.74) is 2.21. The van der Waals surface area contributed by atoms with Gasteiger partial charge in [-0.15, -0.1) is 5.10 Å². The Bertz CT molecular complexity index is 859. The van der Waals surface area contributed by atoms with Gasteiger partial charge in [-0.2, -0.15) is 0 Å². The highest BCUT2D eigenvalue weighted by Gasteiger charge is 2.39. The fourth-order valence-corrected chi connectivity index (χ4v) is 4.91. The Hall–Kier alpha value is -1.92. The molecule has 2 unspecified atom stereocenters. The molecule has 2 saturated heterocycles. The summed E-state index contributed by atoms with van der Waals surface area (Å²) in [4.78, 5) is 5.77. The third-order valence-electron chi connectivity index (χ3n) is 5.53. The molecule has 1 aromatic carbocycles. The summed E-state index contributed by atoms with van der Waals surface area (Å²) in [6.45, 7) is 0. The molecule has 124 valence electrons. The van der Waals surface area contributed by atoms with Crippen LogP contribution in [0.2, 0.25) is 0 Å². The number of fused-ring (bicyclic) bond motifs is 3. The summed E-state index contributed by atoms with van der Waals surface area (Å²) in [5.74, 6) is 0. The van der Waals surface area contributed by atoms with Crippen LogP contribution in [0, 0.1) is 0 Å². The average molecular weight is 340 g/mol. The van der Waals surface area contributed by atoms with E-state index in [4.69, 9.17) is 4.74 Å². The van der Waals surface area contributed by atoms with Gasteiger partial charge in [-0.3, -0.25) is 0 Å². The molecule has 0 radical (unpaired) electrons. The third kappa shape index (κ3) is 2.41. The molecule has 5 rings (SSSR count). The van der Waals surface area contributed by atoms with Crippen molar-refractivity contribution < 1.29 is 4.74 Å². The number of nitrogens with one attached hydrogen (secondary N) is 1. The number of hydrogen-bond donors (Lipinski definition) is 1. The molecule has 0 aliphatic carbocycles. The van der Waals surface area contributed by atoms with Gasteiger partial charge in [0.05, 0.1) is 0 Å². The minimum absolute atomic E-state index is 0.283. The van der Waals surface area contributed by atoms with Gasteiger partial charge in [-0.05, 0) is 50.2 Å². The summed E-state index contributed by atoms with van der Waals surface area (Å²) in [6, 6.07) is 9.75. The molecule has 2 aromatic heterocycles. The monoisotopic (exact) mass is 340 g/mol. The van der Waals surface area contributed by atoms with Crippen LogP contribution in [0.25, 0.3) is 21.5 Å². The summed E-state index contributed by atoms with van der Waals surface area (Å²) in [7, 11) is 2.25. The van der Waals surface area contributed by atoms with Crippen LogP contribution in [-0.2, 0) is 0 Å². The van der Waals surface area contributed by atoms with E-state index < -0.39 is 0 Å². The molecule has 0 spiro atoms. The Labute approximate surface area is 144 Å². The number of aromatic amines is 1. The molecule has 6 heteroatoms. The van der Waals surface area contributed by atoms with Crippen LogP contribution < -0.4 is 4.74 Å². The second-order valence-electron chi connectivity index (χ2n) is 6.91. The van der Waals surface area contributed by atoms with Crippen LogP contribution in [-0.4, -0.2) is 45.3 Å². The molecule has 2 aliphatic heterocycles.